The van der Waals surface area contributed by atoms with Crippen LogP contribution in [0.3, 0.4) is 0 Å². The normalized spacial score (nSPS) is 26.1. The molecule has 0 amide bonds. The van der Waals surface area contributed by atoms with Crippen molar-refractivity contribution in [1.82, 2.24) is 9.21 Å². The second kappa shape index (κ2) is 7.01. The standard InChI is InChI=1S/C12H24N2OS.C2H6/c1-11(2)13-7-4-12(10-13)5-8-14(9-6-12)16(3)15;1-2/h11H,4-10H2,1-3H3;1-2H3. The highest BCUT2D eigenvalue weighted by molar-refractivity contribution is 7.81. The van der Waals surface area contributed by atoms with Crippen LogP contribution in [0.25, 0.3) is 0 Å². The summed E-state index contributed by atoms with van der Waals surface area (Å²) in [6, 6.07) is 0.678. The fourth-order valence-corrected chi connectivity index (χ4v) is 3.73. The van der Waals surface area contributed by atoms with Gasteiger partial charge in [-0.1, -0.05) is 13.8 Å². The molecule has 18 heavy (non-hydrogen) atoms. The van der Waals surface area contributed by atoms with Gasteiger partial charge in [-0.3, -0.25) is 0 Å². The van der Waals surface area contributed by atoms with E-state index >= 15 is 0 Å². The summed E-state index contributed by atoms with van der Waals surface area (Å²) in [5.74, 6) is 0. The zero-order valence-electron chi connectivity index (χ0n) is 12.7. The molecule has 0 bridgehead atoms. The van der Waals surface area contributed by atoms with Crippen LogP contribution in [0.4, 0.5) is 0 Å². The number of hydrogen-bond donors (Lipinski definition) is 0. The Morgan fingerprint density at radius 2 is 1.56 bits per heavy atom. The average Bonchev–Trinajstić information content (AvgIpc) is 2.77. The molecule has 0 aromatic carbocycles. The summed E-state index contributed by atoms with van der Waals surface area (Å²) in [6.45, 7) is 13.1. The minimum atomic E-state index is -0.767. The molecule has 0 aromatic heterocycles. The first-order valence-corrected chi connectivity index (χ1v) is 8.86. The van der Waals surface area contributed by atoms with Gasteiger partial charge in [-0.05, 0) is 45.1 Å². The minimum absolute atomic E-state index is 0.542. The third kappa shape index (κ3) is 3.78. The van der Waals surface area contributed by atoms with Crippen molar-refractivity contribution in [3.63, 3.8) is 0 Å². The number of nitrogens with zero attached hydrogens (tertiary/aromatic N) is 2. The van der Waals surface area contributed by atoms with E-state index < -0.39 is 11.0 Å². The molecule has 0 N–H and O–H groups in total. The fraction of sp³-hybridized carbons (Fsp3) is 1.00. The Hall–Kier alpha value is 0.0700. The van der Waals surface area contributed by atoms with Gasteiger partial charge in [0.2, 0.25) is 0 Å². The Labute approximate surface area is 116 Å². The van der Waals surface area contributed by atoms with E-state index in [9.17, 15) is 4.21 Å². The lowest BCUT2D eigenvalue weighted by Gasteiger charge is -2.38. The molecule has 3 nitrogen and oxygen atoms in total. The Balaban J connectivity index is 0.000000771. The van der Waals surface area contributed by atoms with Gasteiger partial charge in [-0.25, -0.2) is 8.51 Å². The Morgan fingerprint density at radius 3 is 1.94 bits per heavy atom. The number of rotatable bonds is 2. The van der Waals surface area contributed by atoms with Crippen LogP contribution in [-0.4, -0.2) is 51.9 Å². The molecule has 0 aromatic rings. The van der Waals surface area contributed by atoms with Crippen molar-refractivity contribution >= 4 is 11.0 Å². The van der Waals surface area contributed by atoms with E-state index in [4.69, 9.17) is 0 Å². The van der Waals surface area contributed by atoms with Gasteiger partial charge in [0.05, 0.1) is 11.0 Å². The number of hydrogen-bond acceptors (Lipinski definition) is 2. The van der Waals surface area contributed by atoms with Crippen molar-refractivity contribution in [3.8, 4) is 0 Å². The van der Waals surface area contributed by atoms with Gasteiger partial charge in [0.1, 0.15) is 0 Å². The molecule has 2 rings (SSSR count). The topological polar surface area (TPSA) is 23.6 Å². The second-order valence-electron chi connectivity index (χ2n) is 5.67. The van der Waals surface area contributed by atoms with Crippen molar-refractivity contribution in [1.29, 1.82) is 0 Å². The summed E-state index contributed by atoms with van der Waals surface area (Å²) in [5, 5.41) is 0. The van der Waals surface area contributed by atoms with Gasteiger partial charge in [0.15, 0.2) is 0 Å². The maximum atomic E-state index is 11.4. The lowest BCUT2D eigenvalue weighted by Crippen LogP contribution is -2.42. The highest BCUT2D eigenvalue weighted by Gasteiger charge is 2.41. The van der Waals surface area contributed by atoms with E-state index in [0.29, 0.717) is 11.5 Å². The van der Waals surface area contributed by atoms with E-state index in [2.05, 4.69) is 23.1 Å². The van der Waals surface area contributed by atoms with Crippen molar-refractivity contribution < 1.29 is 4.21 Å². The fourth-order valence-electron chi connectivity index (χ4n) is 3.04. The van der Waals surface area contributed by atoms with Crippen molar-refractivity contribution in [2.75, 3.05) is 32.4 Å². The molecule has 1 spiro atoms. The zero-order valence-corrected chi connectivity index (χ0v) is 13.6. The van der Waals surface area contributed by atoms with E-state index in [1.54, 1.807) is 6.26 Å². The van der Waals surface area contributed by atoms with Gasteiger partial charge in [0.25, 0.3) is 0 Å². The Kier molecular flexibility index (Phi) is 6.28. The van der Waals surface area contributed by atoms with Gasteiger partial charge in [-0.15, -0.1) is 0 Å². The van der Waals surface area contributed by atoms with Crippen LogP contribution in [0.5, 0.6) is 0 Å². The van der Waals surface area contributed by atoms with Crippen molar-refractivity contribution in [2.45, 2.75) is 53.0 Å². The lowest BCUT2D eigenvalue weighted by molar-refractivity contribution is 0.149. The summed E-state index contributed by atoms with van der Waals surface area (Å²) in [6.07, 6.45) is 5.61. The SMILES string of the molecule is CC.CC(C)N1CCC2(CCN(S(C)=O)CC2)C1. The third-order valence-corrected chi connectivity index (χ3v) is 5.44. The molecular weight excluding hydrogens is 244 g/mol. The minimum Gasteiger partial charge on any atom is -0.300 e. The van der Waals surface area contributed by atoms with Crippen LogP contribution >= 0.6 is 0 Å². The molecule has 2 heterocycles. The zero-order chi connectivity index (χ0) is 13.8. The van der Waals surface area contributed by atoms with Crippen LogP contribution in [-0.2, 0) is 11.0 Å². The van der Waals surface area contributed by atoms with Crippen molar-refractivity contribution in [2.24, 2.45) is 5.41 Å². The van der Waals surface area contributed by atoms with Crippen LogP contribution in [0.2, 0.25) is 0 Å². The molecular formula is C14H30N2OS. The lowest BCUT2D eigenvalue weighted by atomic mass is 9.78. The molecule has 1 atom stereocenters. The van der Waals surface area contributed by atoms with E-state index in [0.717, 1.165) is 13.1 Å². The number of likely N-dealkylation sites (tertiary alicyclic amines) is 1. The van der Waals surface area contributed by atoms with Gasteiger partial charge in [-0.2, -0.15) is 0 Å². The van der Waals surface area contributed by atoms with Gasteiger partial charge >= 0.3 is 0 Å². The predicted octanol–water partition coefficient (Wildman–Crippen LogP) is 2.50. The highest BCUT2D eigenvalue weighted by atomic mass is 32.2. The maximum Gasteiger partial charge on any atom is 0.0910 e. The summed E-state index contributed by atoms with van der Waals surface area (Å²) in [5.41, 5.74) is 0.542. The van der Waals surface area contributed by atoms with E-state index in [1.807, 2.05) is 13.8 Å². The summed E-state index contributed by atoms with van der Waals surface area (Å²) < 4.78 is 13.5. The largest absolute Gasteiger partial charge is 0.300 e. The van der Waals surface area contributed by atoms with E-state index in [-0.39, 0.29) is 0 Å². The predicted molar refractivity (Wildman–Crippen MR) is 80.0 cm³/mol. The first-order chi connectivity index (χ1) is 8.52. The molecule has 2 fully saturated rings. The van der Waals surface area contributed by atoms with Crippen LogP contribution < -0.4 is 0 Å². The second-order valence-corrected chi connectivity index (χ2v) is 7.03. The van der Waals surface area contributed by atoms with Gasteiger partial charge < -0.3 is 4.90 Å². The summed E-state index contributed by atoms with van der Waals surface area (Å²) in [7, 11) is -0.767. The highest BCUT2D eigenvalue weighted by Crippen LogP contribution is 2.41. The molecule has 2 saturated heterocycles. The molecule has 0 saturated carbocycles. The smallest absolute Gasteiger partial charge is 0.0910 e. The molecule has 0 aliphatic carbocycles. The Morgan fingerprint density at radius 1 is 1.06 bits per heavy atom. The maximum absolute atomic E-state index is 11.4. The van der Waals surface area contributed by atoms with Crippen LogP contribution in [0.1, 0.15) is 47.0 Å². The summed E-state index contributed by atoms with van der Waals surface area (Å²) >= 11 is 0. The Bertz CT molecular complexity index is 273. The van der Waals surface area contributed by atoms with E-state index in [1.165, 1.54) is 32.4 Å². The molecule has 108 valence electrons. The monoisotopic (exact) mass is 274 g/mol. The summed E-state index contributed by atoms with van der Waals surface area (Å²) in [4.78, 5) is 2.60. The molecule has 2 aliphatic heterocycles. The average molecular weight is 274 g/mol. The van der Waals surface area contributed by atoms with Crippen LogP contribution in [0, 0.1) is 5.41 Å². The molecule has 0 radical (unpaired) electrons. The van der Waals surface area contributed by atoms with Crippen molar-refractivity contribution in [3.05, 3.63) is 0 Å². The quantitative estimate of drug-likeness (QED) is 0.772. The molecule has 1 unspecified atom stereocenters. The van der Waals surface area contributed by atoms with Gasteiger partial charge in [0, 0.05) is 31.9 Å². The number of piperidine rings is 1. The van der Waals surface area contributed by atoms with Crippen LogP contribution in [0.15, 0.2) is 0 Å². The third-order valence-electron chi connectivity index (χ3n) is 4.34. The first-order valence-electron chi connectivity index (χ1n) is 7.35. The molecule has 2 aliphatic rings. The first kappa shape index (κ1) is 16.1. The molecule has 4 heteroatoms.